The summed E-state index contributed by atoms with van der Waals surface area (Å²) in [4.78, 5) is 25.6. The maximum Gasteiger partial charge on any atom is 0.0784 e. The summed E-state index contributed by atoms with van der Waals surface area (Å²) in [5, 5.41) is 0. The van der Waals surface area contributed by atoms with Crippen LogP contribution in [0.1, 0.15) is 313 Å². The fourth-order valence-corrected chi connectivity index (χ4v) is 9.82. The first-order chi connectivity index (χ1) is 32.5. The van der Waals surface area contributed by atoms with E-state index in [0.29, 0.717) is 0 Å². The van der Waals surface area contributed by atoms with Gasteiger partial charge in [0.1, 0.15) is 0 Å². The summed E-state index contributed by atoms with van der Waals surface area (Å²) in [5.74, 6) is 0. The molecule has 0 saturated heterocycles. The van der Waals surface area contributed by atoms with E-state index in [1.807, 2.05) is 0 Å². The zero-order chi connectivity index (χ0) is 51.9. The third kappa shape index (κ3) is 64.0. The smallest absolute Gasteiger partial charge is 0.0784 e. The minimum absolute atomic E-state index is 1.35. The molecule has 0 fully saturated rings. The molecule has 0 atom stereocenters. The highest BCUT2D eigenvalue weighted by Crippen LogP contribution is 2.18. The van der Waals surface area contributed by atoms with Crippen LogP contribution < -0.4 is 14.7 Å². The van der Waals surface area contributed by atoms with Crippen molar-refractivity contribution in [3.63, 3.8) is 0 Å². The molecule has 0 aliphatic carbocycles. The Morgan fingerprint density at radius 3 is 0.412 bits per heavy atom. The van der Waals surface area contributed by atoms with Crippen molar-refractivity contribution in [2.75, 3.05) is 80.0 Å². The number of hydrogen-bond donors (Lipinski definition) is 0. The SMILES string of the molecule is CCCCCCC[N+](C)(CCCCCC)CCCCCC.CCCCCCC[N+](C)(CCCCCC)CCCCCC.CCCCCCC[N+](C)(CCCCCC)CCCCCC.O=P([O-])([O-])[O-]. The molecule has 416 valence electrons. The maximum absolute atomic E-state index is 8.55. The van der Waals surface area contributed by atoms with Gasteiger partial charge in [-0.2, -0.15) is 7.82 Å². The summed E-state index contributed by atoms with van der Waals surface area (Å²) in [6, 6.07) is 0. The van der Waals surface area contributed by atoms with Gasteiger partial charge >= 0.3 is 0 Å². The molecule has 0 aromatic rings. The van der Waals surface area contributed by atoms with E-state index in [1.165, 1.54) is 323 Å². The number of phosphoric acid groups is 1. The average molecular weight is 991 g/mol. The van der Waals surface area contributed by atoms with Gasteiger partial charge in [0.2, 0.25) is 0 Å². The topological polar surface area (TPSA) is 86.2 Å². The standard InChI is InChI=1S/3C20H44N.H3O4P/c3*1-5-8-11-14-17-20-21(4,18-15-12-9-6-2)19-16-13-10-7-3;1-5(2,3)4/h3*5-20H2,1-4H3;(H3,1,2,3,4)/q3*+1;/p-3. The molecule has 0 bridgehead atoms. The number of quaternary nitrogens is 3. The molecular weight excluding hydrogens is 858 g/mol. The van der Waals surface area contributed by atoms with Crippen molar-refractivity contribution < 1.29 is 32.7 Å². The van der Waals surface area contributed by atoms with Crippen LogP contribution in [0.3, 0.4) is 0 Å². The lowest BCUT2D eigenvalue weighted by Gasteiger charge is -2.36. The summed E-state index contributed by atoms with van der Waals surface area (Å²) in [6.45, 7) is 33.5. The fraction of sp³-hybridized carbons (Fsp3) is 1.00. The molecule has 0 aromatic carbocycles. The molecule has 0 radical (unpaired) electrons. The number of hydrogen-bond acceptors (Lipinski definition) is 4. The van der Waals surface area contributed by atoms with Gasteiger partial charge in [-0.25, -0.2) is 0 Å². The van der Waals surface area contributed by atoms with E-state index >= 15 is 0 Å². The second-order valence-electron chi connectivity index (χ2n) is 22.4. The molecule has 7 nitrogen and oxygen atoms in total. The summed E-state index contributed by atoms with van der Waals surface area (Å²) >= 11 is 0. The Hall–Kier alpha value is -0.0100. The van der Waals surface area contributed by atoms with Crippen molar-refractivity contribution in [3.05, 3.63) is 0 Å². The van der Waals surface area contributed by atoms with Crippen LogP contribution in [0.15, 0.2) is 0 Å². The highest BCUT2D eigenvalue weighted by molar-refractivity contribution is 7.40. The second kappa shape index (κ2) is 56.3. The molecule has 0 aliphatic heterocycles. The maximum atomic E-state index is 8.55. The van der Waals surface area contributed by atoms with Crippen LogP contribution in [-0.2, 0) is 4.57 Å². The van der Waals surface area contributed by atoms with Gasteiger partial charge in [-0.15, -0.1) is 0 Å². The zero-order valence-electron chi connectivity index (χ0n) is 49.4. The van der Waals surface area contributed by atoms with Gasteiger partial charge in [-0.3, -0.25) is 0 Å². The predicted octanol–water partition coefficient (Wildman–Crippen LogP) is 16.9. The summed E-state index contributed by atoms with van der Waals surface area (Å²) in [5.41, 5.74) is 0. The Labute approximate surface area is 431 Å². The van der Waals surface area contributed by atoms with Gasteiger partial charge in [0.25, 0.3) is 0 Å². The van der Waals surface area contributed by atoms with Gasteiger partial charge < -0.3 is 32.7 Å². The molecule has 68 heavy (non-hydrogen) atoms. The van der Waals surface area contributed by atoms with E-state index in [4.69, 9.17) is 19.2 Å². The van der Waals surface area contributed by atoms with Crippen molar-refractivity contribution >= 4 is 7.82 Å². The van der Waals surface area contributed by atoms with E-state index < -0.39 is 7.82 Å². The second-order valence-corrected chi connectivity index (χ2v) is 23.3. The van der Waals surface area contributed by atoms with Crippen LogP contribution in [-0.4, -0.2) is 93.5 Å². The molecule has 0 N–H and O–H groups in total. The van der Waals surface area contributed by atoms with E-state index in [0.717, 1.165) is 0 Å². The highest BCUT2D eigenvalue weighted by atomic mass is 31.2. The van der Waals surface area contributed by atoms with Crippen molar-refractivity contribution in [2.24, 2.45) is 0 Å². The Bertz CT molecular complexity index is 830. The summed E-state index contributed by atoms with van der Waals surface area (Å²) < 4.78 is 12.6. The Kier molecular flexibility index (Phi) is 61.7. The molecular formula is C60H132N3O4P. The normalized spacial score (nSPS) is 12.0. The molecule has 0 rings (SSSR count). The summed E-state index contributed by atoms with van der Waals surface area (Å²) in [7, 11) is 2.19. The van der Waals surface area contributed by atoms with Crippen molar-refractivity contribution in [3.8, 4) is 0 Å². The first kappa shape index (κ1) is 74.5. The molecule has 0 aliphatic rings. The quantitative estimate of drug-likeness (QED) is 0.0345. The molecule has 0 aromatic heterocycles. The average Bonchev–Trinajstić information content (AvgIpc) is 3.30. The monoisotopic (exact) mass is 990 g/mol. The molecule has 0 heterocycles. The predicted molar refractivity (Wildman–Crippen MR) is 301 cm³/mol. The molecule has 0 unspecified atom stereocenters. The van der Waals surface area contributed by atoms with Gasteiger partial charge in [0, 0.05) is 0 Å². The minimum Gasteiger partial charge on any atom is -0.822 e. The van der Waals surface area contributed by atoms with Crippen molar-refractivity contribution in [1.82, 2.24) is 0 Å². The molecule has 0 saturated carbocycles. The minimum atomic E-state index is -5.39. The lowest BCUT2D eigenvalue weighted by Crippen LogP contribution is -2.46. The fourth-order valence-electron chi connectivity index (χ4n) is 9.82. The summed E-state index contributed by atoms with van der Waals surface area (Å²) in [6.07, 6.45) is 55.3. The van der Waals surface area contributed by atoms with Crippen LogP contribution in [0.2, 0.25) is 0 Å². The zero-order valence-corrected chi connectivity index (χ0v) is 50.3. The van der Waals surface area contributed by atoms with Crippen LogP contribution in [0.4, 0.5) is 0 Å². The largest absolute Gasteiger partial charge is 0.822 e. The Morgan fingerprint density at radius 2 is 0.309 bits per heavy atom. The van der Waals surface area contributed by atoms with Gasteiger partial charge in [-0.1, -0.05) is 197 Å². The van der Waals surface area contributed by atoms with Crippen LogP contribution in [0.5, 0.6) is 0 Å². The van der Waals surface area contributed by atoms with Crippen LogP contribution in [0.25, 0.3) is 0 Å². The van der Waals surface area contributed by atoms with Crippen LogP contribution in [0, 0.1) is 0 Å². The van der Waals surface area contributed by atoms with Crippen molar-refractivity contribution in [2.45, 2.75) is 313 Å². The third-order valence-corrected chi connectivity index (χ3v) is 14.7. The van der Waals surface area contributed by atoms with E-state index in [1.54, 1.807) is 0 Å². The number of unbranched alkanes of at least 4 members (excludes halogenated alkanes) is 30. The molecule has 8 heteroatoms. The number of nitrogens with zero attached hydrogens (tertiary/aromatic N) is 3. The first-order valence-electron chi connectivity index (χ1n) is 30.8. The van der Waals surface area contributed by atoms with E-state index in [2.05, 4.69) is 83.5 Å². The van der Waals surface area contributed by atoms with E-state index in [9.17, 15) is 0 Å². The molecule has 0 spiro atoms. The Morgan fingerprint density at radius 1 is 0.221 bits per heavy atom. The molecule has 0 amide bonds. The Balaban J connectivity index is -0.000000429. The van der Waals surface area contributed by atoms with E-state index in [-0.39, 0.29) is 0 Å². The highest BCUT2D eigenvalue weighted by Gasteiger charge is 2.22. The lowest BCUT2D eigenvalue weighted by molar-refractivity contribution is -0.910. The van der Waals surface area contributed by atoms with Gasteiger partial charge in [0.05, 0.1) is 80.0 Å². The number of rotatable bonds is 48. The lowest BCUT2D eigenvalue weighted by atomic mass is 10.1. The van der Waals surface area contributed by atoms with Gasteiger partial charge in [-0.05, 0) is 116 Å². The van der Waals surface area contributed by atoms with Gasteiger partial charge in [0.15, 0.2) is 0 Å². The van der Waals surface area contributed by atoms with Crippen LogP contribution >= 0.6 is 7.82 Å². The third-order valence-electron chi connectivity index (χ3n) is 14.7. The first-order valence-corrected chi connectivity index (χ1v) is 32.2. The van der Waals surface area contributed by atoms with Crippen molar-refractivity contribution in [1.29, 1.82) is 0 Å².